The third-order valence-corrected chi connectivity index (χ3v) is 2.86. The number of halogens is 1. The first-order valence-electron chi connectivity index (χ1n) is 3.59. The molecular weight excluding hydrogens is 192 g/mol. The van der Waals surface area contributed by atoms with Gasteiger partial charge in [0.2, 0.25) is 0 Å². The standard InChI is InChI=1S/C9H9ClOS/c1-2-3-4-8(11)9-5-7(10)6-12-9/h1,5-6,8,11H,3-4H2. The highest BCUT2D eigenvalue weighted by Gasteiger charge is 2.08. The van der Waals surface area contributed by atoms with Crippen molar-refractivity contribution in [1.82, 2.24) is 0 Å². The van der Waals surface area contributed by atoms with Crippen LogP contribution in [0.2, 0.25) is 5.02 Å². The van der Waals surface area contributed by atoms with E-state index in [2.05, 4.69) is 5.92 Å². The summed E-state index contributed by atoms with van der Waals surface area (Å²) in [5.41, 5.74) is 0. The SMILES string of the molecule is C#CCCC(O)c1cc(Cl)cs1. The van der Waals surface area contributed by atoms with Crippen LogP contribution in [0.4, 0.5) is 0 Å². The maximum Gasteiger partial charge on any atom is 0.0891 e. The normalized spacial score (nSPS) is 12.4. The first kappa shape index (κ1) is 9.60. The van der Waals surface area contributed by atoms with Gasteiger partial charge in [0.05, 0.1) is 11.1 Å². The Morgan fingerprint density at radius 1 is 1.75 bits per heavy atom. The molecule has 1 aromatic heterocycles. The average Bonchev–Trinajstić information content (AvgIpc) is 2.47. The summed E-state index contributed by atoms with van der Waals surface area (Å²) in [4.78, 5) is 0.884. The van der Waals surface area contributed by atoms with E-state index in [1.54, 1.807) is 11.4 Å². The van der Waals surface area contributed by atoms with Gasteiger partial charge in [-0.2, -0.15) is 0 Å². The number of rotatable bonds is 3. The van der Waals surface area contributed by atoms with Crippen LogP contribution in [0, 0.1) is 12.3 Å². The number of thiophene rings is 1. The highest BCUT2D eigenvalue weighted by atomic mass is 35.5. The van der Waals surface area contributed by atoms with Crippen LogP contribution in [0.25, 0.3) is 0 Å². The maximum atomic E-state index is 9.52. The second-order valence-electron chi connectivity index (χ2n) is 2.43. The molecule has 0 radical (unpaired) electrons. The van der Waals surface area contributed by atoms with Gasteiger partial charge < -0.3 is 5.11 Å². The molecule has 0 saturated heterocycles. The number of aliphatic hydroxyl groups excluding tert-OH is 1. The summed E-state index contributed by atoms with van der Waals surface area (Å²) < 4.78 is 0. The van der Waals surface area contributed by atoms with Crippen molar-refractivity contribution in [2.45, 2.75) is 18.9 Å². The predicted molar refractivity (Wildman–Crippen MR) is 52.4 cm³/mol. The molecule has 1 nitrogen and oxygen atoms in total. The summed E-state index contributed by atoms with van der Waals surface area (Å²) >= 11 is 7.16. The summed E-state index contributed by atoms with van der Waals surface area (Å²) in [6.45, 7) is 0. The van der Waals surface area contributed by atoms with Crippen LogP contribution in [0.5, 0.6) is 0 Å². The molecule has 0 fully saturated rings. The van der Waals surface area contributed by atoms with Crippen molar-refractivity contribution in [3.8, 4) is 12.3 Å². The summed E-state index contributed by atoms with van der Waals surface area (Å²) in [7, 11) is 0. The molecular formula is C9H9ClOS. The molecule has 1 unspecified atom stereocenters. The van der Waals surface area contributed by atoms with Gasteiger partial charge in [-0.1, -0.05) is 11.6 Å². The third-order valence-electron chi connectivity index (χ3n) is 1.48. The van der Waals surface area contributed by atoms with E-state index >= 15 is 0 Å². The molecule has 1 heterocycles. The van der Waals surface area contributed by atoms with Crippen molar-refractivity contribution in [1.29, 1.82) is 0 Å². The first-order valence-corrected chi connectivity index (χ1v) is 4.85. The molecule has 0 aromatic carbocycles. The quantitative estimate of drug-likeness (QED) is 0.744. The second kappa shape index (κ2) is 4.51. The van der Waals surface area contributed by atoms with Crippen molar-refractivity contribution in [2.24, 2.45) is 0 Å². The van der Waals surface area contributed by atoms with Gasteiger partial charge in [-0.3, -0.25) is 0 Å². The lowest BCUT2D eigenvalue weighted by Crippen LogP contribution is -1.92. The Balaban J connectivity index is 2.54. The van der Waals surface area contributed by atoms with Crippen LogP contribution in [0.15, 0.2) is 11.4 Å². The van der Waals surface area contributed by atoms with E-state index in [0.29, 0.717) is 17.9 Å². The molecule has 3 heteroatoms. The van der Waals surface area contributed by atoms with Crippen LogP contribution in [0.1, 0.15) is 23.8 Å². The molecule has 1 atom stereocenters. The fraction of sp³-hybridized carbons (Fsp3) is 0.333. The fourth-order valence-electron chi connectivity index (χ4n) is 0.865. The van der Waals surface area contributed by atoms with Crippen LogP contribution in [0.3, 0.4) is 0 Å². The van der Waals surface area contributed by atoms with Crippen LogP contribution in [-0.2, 0) is 0 Å². The van der Waals surface area contributed by atoms with Crippen LogP contribution >= 0.6 is 22.9 Å². The Morgan fingerprint density at radius 3 is 3.00 bits per heavy atom. The smallest absolute Gasteiger partial charge is 0.0891 e. The topological polar surface area (TPSA) is 20.2 Å². The minimum absolute atomic E-state index is 0.460. The number of hydrogen-bond acceptors (Lipinski definition) is 2. The molecule has 0 bridgehead atoms. The third kappa shape index (κ3) is 2.53. The predicted octanol–water partition coefficient (Wildman–Crippen LogP) is 2.85. The molecule has 1 aromatic rings. The molecule has 0 spiro atoms. The Kier molecular flexibility index (Phi) is 3.61. The number of hydrogen-bond donors (Lipinski definition) is 1. The minimum Gasteiger partial charge on any atom is -0.388 e. The zero-order valence-corrected chi connectivity index (χ0v) is 8.03. The number of terminal acetylenes is 1. The van der Waals surface area contributed by atoms with Gasteiger partial charge in [0.25, 0.3) is 0 Å². The fourth-order valence-corrected chi connectivity index (χ4v) is 1.97. The van der Waals surface area contributed by atoms with E-state index in [1.807, 2.05) is 0 Å². The van der Waals surface area contributed by atoms with Gasteiger partial charge in [-0.25, -0.2) is 0 Å². The van der Waals surface area contributed by atoms with Gasteiger partial charge in [0, 0.05) is 16.7 Å². The zero-order valence-electron chi connectivity index (χ0n) is 6.46. The zero-order chi connectivity index (χ0) is 8.97. The van der Waals surface area contributed by atoms with Gasteiger partial charge in [-0.05, 0) is 12.5 Å². The Bertz CT molecular complexity index is 287. The lowest BCUT2D eigenvalue weighted by Gasteiger charge is -2.04. The largest absolute Gasteiger partial charge is 0.388 e. The molecule has 1 N–H and O–H groups in total. The van der Waals surface area contributed by atoms with Crippen LogP contribution in [-0.4, -0.2) is 5.11 Å². The molecule has 1 rings (SSSR count). The van der Waals surface area contributed by atoms with Gasteiger partial charge >= 0.3 is 0 Å². The average molecular weight is 201 g/mol. The highest BCUT2D eigenvalue weighted by molar-refractivity contribution is 7.10. The number of aliphatic hydroxyl groups is 1. The molecule has 0 aliphatic heterocycles. The van der Waals surface area contributed by atoms with Gasteiger partial charge in [0.15, 0.2) is 0 Å². The molecule has 0 saturated carbocycles. The van der Waals surface area contributed by atoms with Crippen LogP contribution < -0.4 is 0 Å². The molecule has 0 amide bonds. The Labute approximate surface area is 81.0 Å². The highest BCUT2D eigenvalue weighted by Crippen LogP contribution is 2.27. The van der Waals surface area contributed by atoms with E-state index in [9.17, 15) is 5.11 Å². The van der Waals surface area contributed by atoms with E-state index in [0.717, 1.165) is 4.88 Å². The van der Waals surface area contributed by atoms with E-state index < -0.39 is 6.10 Å². The first-order chi connectivity index (χ1) is 5.74. The van der Waals surface area contributed by atoms with Crippen molar-refractivity contribution in [3.05, 3.63) is 21.3 Å². The molecule has 0 aliphatic rings. The Morgan fingerprint density at radius 2 is 2.50 bits per heavy atom. The van der Waals surface area contributed by atoms with Crippen molar-refractivity contribution in [2.75, 3.05) is 0 Å². The summed E-state index contributed by atoms with van der Waals surface area (Å²) in [5, 5.41) is 12.0. The van der Waals surface area contributed by atoms with Crippen molar-refractivity contribution < 1.29 is 5.11 Å². The monoisotopic (exact) mass is 200 g/mol. The van der Waals surface area contributed by atoms with E-state index in [1.165, 1.54) is 11.3 Å². The summed E-state index contributed by atoms with van der Waals surface area (Å²) in [5.74, 6) is 2.49. The van der Waals surface area contributed by atoms with Crippen molar-refractivity contribution in [3.63, 3.8) is 0 Å². The second-order valence-corrected chi connectivity index (χ2v) is 3.81. The van der Waals surface area contributed by atoms with Gasteiger partial charge in [0.1, 0.15) is 0 Å². The maximum absolute atomic E-state index is 9.52. The molecule has 0 aliphatic carbocycles. The lowest BCUT2D eigenvalue weighted by molar-refractivity contribution is 0.173. The Hall–Kier alpha value is -0.490. The van der Waals surface area contributed by atoms with Gasteiger partial charge in [-0.15, -0.1) is 23.7 Å². The lowest BCUT2D eigenvalue weighted by atomic mass is 10.2. The molecule has 64 valence electrons. The molecule has 12 heavy (non-hydrogen) atoms. The summed E-state index contributed by atoms with van der Waals surface area (Å²) in [6.07, 6.45) is 5.82. The summed E-state index contributed by atoms with van der Waals surface area (Å²) in [6, 6.07) is 1.77. The minimum atomic E-state index is -0.460. The van der Waals surface area contributed by atoms with E-state index in [-0.39, 0.29) is 0 Å². The van der Waals surface area contributed by atoms with E-state index in [4.69, 9.17) is 18.0 Å². The van der Waals surface area contributed by atoms with Crippen molar-refractivity contribution >= 4 is 22.9 Å².